The van der Waals surface area contributed by atoms with Gasteiger partial charge in [-0.15, -0.1) is 0 Å². The van der Waals surface area contributed by atoms with E-state index in [0.29, 0.717) is 5.69 Å². The van der Waals surface area contributed by atoms with Crippen LogP contribution in [0.4, 0.5) is 11.7 Å². The molecule has 0 aliphatic heterocycles. The number of amides is 1. The molecule has 0 spiro atoms. The van der Waals surface area contributed by atoms with Crippen LogP contribution >= 0.6 is 0 Å². The van der Waals surface area contributed by atoms with E-state index in [1.54, 1.807) is 6.07 Å². The standard InChI is InChI=1S/C14H16N4O5/c1-14(2,3)10-7-12(23-17-10)16-11(19)8-22-9-5-4-6-15-13(9)18(20)21/h4-7H,8H2,1-3H3,(H,16,19). The molecule has 9 heteroatoms. The Morgan fingerprint density at radius 2 is 2.22 bits per heavy atom. The van der Waals surface area contributed by atoms with Gasteiger partial charge in [0.2, 0.25) is 11.6 Å². The Bertz CT molecular complexity index is 720. The molecule has 0 saturated carbocycles. The van der Waals surface area contributed by atoms with E-state index in [0.717, 1.165) is 0 Å². The minimum Gasteiger partial charge on any atom is -0.476 e. The second-order valence-corrected chi connectivity index (χ2v) is 5.75. The Morgan fingerprint density at radius 3 is 2.83 bits per heavy atom. The zero-order valence-electron chi connectivity index (χ0n) is 12.9. The zero-order chi connectivity index (χ0) is 17.0. The summed E-state index contributed by atoms with van der Waals surface area (Å²) in [5.74, 6) is -0.875. The predicted molar refractivity (Wildman–Crippen MR) is 80.2 cm³/mol. The highest BCUT2D eigenvalue weighted by Gasteiger charge is 2.20. The zero-order valence-corrected chi connectivity index (χ0v) is 12.9. The summed E-state index contributed by atoms with van der Waals surface area (Å²) in [5.41, 5.74) is 0.482. The summed E-state index contributed by atoms with van der Waals surface area (Å²) in [6.07, 6.45) is 1.27. The van der Waals surface area contributed by atoms with Crippen molar-refractivity contribution in [3.8, 4) is 5.75 Å². The molecule has 9 nitrogen and oxygen atoms in total. The van der Waals surface area contributed by atoms with Crippen LogP contribution in [0, 0.1) is 10.1 Å². The van der Waals surface area contributed by atoms with Crippen LogP contribution < -0.4 is 10.1 Å². The van der Waals surface area contributed by atoms with E-state index in [1.807, 2.05) is 20.8 Å². The van der Waals surface area contributed by atoms with Gasteiger partial charge < -0.3 is 19.4 Å². The van der Waals surface area contributed by atoms with E-state index in [2.05, 4.69) is 15.5 Å². The average molecular weight is 320 g/mol. The van der Waals surface area contributed by atoms with Gasteiger partial charge in [0.05, 0.1) is 5.69 Å². The molecule has 0 aromatic carbocycles. The molecule has 0 bridgehead atoms. The topological polar surface area (TPSA) is 120 Å². The summed E-state index contributed by atoms with van der Waals surface area (Å²) in [4.78, 5) is 25.5. The molecule has 0 atom stereocenters. The molecule has 2 rings (SSSR count). The summed E-state index contributed by atoms with van der Waals surface area (Å²) in [5, 5.41) is 17.1. The van der Waals surface area contributed by atoms with Crippen LogP contribution in [-0.2, 0) is 10.2 Å². The maximum absolute atomic E-state index is 11.8. The average Bonchev–Trinajstić information content (AvgIpc) is 2.94. The van der Waals surface area contributed by atoms with Crippen molar-refractivity contribution in [2.75, 3.05) is 11.9 Å². The number of hydrogen-bond donors (Lipinski definition) is 1. The number of ether oxygens (including phenoxy) is 1. The second-order valence-electron chi connectivity index (χ2n) is 5.75. The monoisotopic (exact) mass is 320 g/mol. The molecule has 2 aromatic rings. The number of rotatable bonds is 5. The van der Waals surface area contributed by atoms with Crippen LogP contribution in [0.15, 0.2) is 28.9 Å². The highest BCUT2D eigenvalue weighted by atomic mass is 16.6. The van der Waals surface area contributed by atoms with Crippen molar-refractivity contribution in [2.24, 2.45) is 0 Å². The molecule has 1 N–H and O–H groups in total. The van der Waals surface area contributed by atoms with E-state index < -0.39 is 23.3 Å². The first-order valence-electron chi connectivity index (χ1n) is 6.76. The summed E-state index contributed by atoms with van der Waals surface area (Å²) in [6.45, 7) is 5.46. The van der Waals surface area contributed by atoms with Crippen molar-refractivity contribution < 1.29 is 19.0 Å². The quantitative estimate of drug-likeness (QED) is 0.662. The number of nitrogens with one attached hydrogen (secondary N) is 1. The molecule has 122 valence electrons. The van der Waals surface area contributed by atoms with Crippen molar-refractivity contribution in [2.45, 2.75) is 26.2 Å². The number of carbonyl (C=O) groups is 1. The molecule has 23 heavy (non-hydrogen) atoms. The number of hydrogen-bond acceptors (Lipinski definition) is 7. The molecular weight excluding hydrogens is 304 g/mol. The van der Waals surface area contributed by atoms with Crippen molar-refractivity contribution in [1.29, 1.82) is 0 Å². The van der Waals surface area contributed by atoms with Gasteiger partial charge in [0.15, 0.2) is 6.61 Å². The van der Waals surface area contributed by atoms with E-state index in [9.17, 15) is 14.9 Å². The Morgan fingerprint density at radius 1 is 1.48 bits per heavy atom. The molecule has 0 radical (unpaired) electrons. The van der Waals surface area contributed by atoms with Crippen molar-refractivity contribution in [3.05, 3.63) is 40.2 Å². The molecular formula is C14H16N4O5. The maximum Gasteiger partial charge on any atom is 0.406 e. The summed E-state index contributed by atoms with van der Waals surface area (Å²) in [6, 6.07) is 4.46. The number of pyridine rings is 1. The van der Waals surface area contributed by atoms with E-state index in [1.165, 1.54) is 18.3 Å². The number of nitro groups is 1. The Hall–Kier alpha value is -2.97. The lowest BCUT2D eigenvalue weighted by molar-refractivity contribution is -0.390. The first kappa shape index (κ1) is 16.4. The summed E-state index contributed by atoms with van der Waals surface area (Å²) >= 11 is 0. The maximum atomic E-state index is 11.8. The normalized spacial score (nSPS) is 11.1. The molecule has 1 amide bonds. The molecule has 0 saturated heterocycles. The van der Waals surface area contributed by atoms with Gasteiger partial charge in [-0.25, -0.2) is 0 Å². The fourth-order valence-corrected chi connectivity index (χ4v) is 1.64. The third kappa shape index (κ3) is 4.25. The van der Waals surface area contributed by atoms with Gasteiger partial charge in [0, 0.05) is 11.5 Å². The van der Waals surface area contributed by atoms with Crippen LogP contribution in [0.3, 0.4) is 0 Å². The Balaban J connectivity index is 1.96. The SMILES string of the molecule is CC(C)(C)c1cc(NC(=O)COc2cccnc2[N+](=O)[O-])on1. The van der Waals surface area contributed by atoms with Gasteiger partial charge in [0.25, 0.3) is 5.91 Å². The first-order chi connectivity index (χ1) is 10.8. The molecule has 0 aliphatic rings. The third-order valence-electron chi connectivity index (χ3n) is 2.82. The van der Waals surface area contributed by atoms with Crippen molar-refractivity contribution in [1.82, 2.24) is 10.1 Å². The molecule has 2 aromatic heterocycles. The van der Waals surface area contributed by atoms with E-state index in [4.69, 9.17) is 9.26 Å². The number of carbonyl (C=O) groups excluding carboxylic acids is 1. The predicted octanol–water partition coefficient (Wildman–Crippen LogP) is 2.29. The molecule has 0 fully saturated rings. The number of aromatic nitrogens is 2. The molecule has 2 heterocycles. The largest absolute Gasteiger partial charge is 0.476 e. The van der Waals surface area contributed by atoms with Gasteiger partial charge in [-0.1, -0.05) is 25.9 Å². The van der Waals surface area contributed by atoms with Crippen LogP contribution in [0.2, 0.25) is 0 Å². The van der Waals surface area contributed by atoms with E-state index in [-0.39, 0.29) is 17.0 Å². The van der Waals surface area contributed by atoms with Gasteiger partial charge in [-0.3, -0.25) is 10.1 Å². The van der Waals surface area contributed by atoms with Crippen molar-refractivity contribution >= 4 is 17.6 Å². The van der Waals surface area contributed by atoms with Crippen LogP contribution in [0.1, 0.15) is 26.5 Å². The van der Waals surface area contributed by atoms with Crippen LogP contribution in [0.5, 0.6) is 5.75 Å². The van der Waals surface area contributed by atoms with Gasteiger partial charge >= 0.3 is 5.82 Å². The fourth-order valence-electron chi connectivity index (χ4n) is 1.64. The van der Waals surface area contributed by atoms with Gasteiger partial charge in [0.1, 0.15) is 6.20 Å². The minimum atomic E-state index is -0.681. The highest BCUT2D eigenvalue weighted by molar-refractivity contribution is 5.90. The fraction of sp³-hybridized carbons (Fsp3) is 0.357. The Kier molecular flexibility index (Phi) is 4.58. The molecule has 0 unspecified atom stereocenters. The van der Waals surface area contributed by atoms with Crippen LogP contribution in [0.25, 0.3) is 0 Å². The number of anilines is 1. The van der Waals surface area contributed by atoms with Crippen LogP contribution in [-0.4, -0.2) is 27.6 Å². The molecule has 0 aliphatic carbocycles. The van der Waals surface area contributed by atoms with Crippen molar-refractivity contribution in [3.63, 3.8) is 0 Å². The third-order valence-corrected chi connectivity index (χ3v) is 2.82. The highest BCUT2D eigenvalue weighted by Crippen LogP contribution is 2.24. The lowest BCUT2D eigenvalue weighted by Crippen LogP contribution is -2.20. The lowest BCUT2D eigenvalue weighted by atomic mass is 9.92. The minimum absolute atomic E-state index is 0.0828. The lowest BCUT2D eigenvalue weighted by Gasteiger charge is -2.12. The summed E-state index contributed by atoms with van der Waals surface area (Å²) in [7, 11) is 0. The van der Waals surface area contributed by atoms with Gasteiger partial charge in [-0.05, 0) is 22.0 Å². The summed E-state index contributed by atoms with van der Waals surface area (Å²) < 4.78 is 10.1. The second kappa shape index (κ2) is 6.42. The number of nitrogens with zero attached hydrogens (tertiary/aromatic N) is 3. The Labute approximate surface area is 131 Å². The smallest absolute Gasteiger partial charge is 0.406 e. The first-order valence-corrected chi connectivity index (χ1v) is 6.76. The van der Waals surface area contributed by atoms with Gasteiger partial charge in [-0.2, -0.15) is 0 Å². The van der Waals surface area contributed by atoms with E-state index >= 15 is 0 Å².